The van der Waals surface area contributed by atoms with Crippen molar-refractivity contribution >= 4 is 35.4 Å². The highest BCUT2D eigenvalue weighted by atomic mass is 32.2. The molecule has 2 heterocycles. The number of amidine groups is 1. The Bertz CT molecular complexity index is 898. The molecule has 0 radical (unpaired) electrons. The number of benzene rings is 1. The average molecular weight is 398 g/mol. The third kappa shape index (κ3) is 3.89. The van der Waals surface area contributed by atoms with Gasteiger partial charge < -0.3 is 10.6 Å². The van der Waals surface area contributed by atoms with E-state index in [0.717, 1.165) is 4.90 Å². The fourth-order valence-corrected chi connectivity index (χ4v) is 3.25. The number of hydrogen-bond acceptors (Lipinski definition) is 7. The summed E-state index contributed by atoms with van der Waals surface area (Å²) in [7, 11) is 0. The standard InChI is InChI=1S/C19H18N4O4S/c1-28-10-8-15(19(26)27-22-16(20)12-5-4-9-21-11-12)23-17(24)13-6-2-3-7-14(13)18(23)25/h2-7,9,11,15H,8,10H2,1H3,(H2,20,22). The molecule has 3 rings (SSSR count). The zero-order valence-corrected chi connectivity index (χ0v) is 15.9. The minimum absolute atomic E-state index is 0.0348. The number of aromatic nitrogens is 1. The maximum atomic E-state index is 12.7. The maximum absolute atomic E-state index is 12.7. The van der Waals surface area contributed by atoms with Gasteiger partial charge >= 0.3 is 5.97 Å². The predicted octanol–water partition coefficient (Wildman–Crippen LogP) is 1.66. The second kappa shape index (κ2) is 8.66. The molecule has 0 aliphatic carbocycles. The minimum atomic E-state index is -1.09. The van der Waals surface area contributed by atoms with Gasteiger partial charge in [-0.3, -0.25) is 19.5 Å². The van der Waals surface area contributed by atoms with Crippen LogP contribution in [0, 0.1) is 0 Å². The van der Waals surface area contributed by atoms with Crippen LogP contribution in [0.4, 0.5) is 0 Å². The van der Waals surface area contributed by atoms with Crippen LogP contribution in [0.1, 0.15) is 32.7 Å². The van der Waals surface area contributed by atoms with Crippen molar-refractivity contribution in [3.63, 3.8) is 0 Å². The first-order chi connectivity index (χ1) is 13.5. The number of pyridine rings is 1. The van der Waals surface area contributed by atoms with Crippen molar-refractivity contribution in [2.75, 3.05) is 12.0 Å². The summed E-state index contributed by atoms with van der Waals surface area (Å²) >= 11 is 1.49. The first-order valence-electron chi connectivity index (χ1n) is 8.45. The fraction of sp³-hybridized carbons (Fsp3) is 0.211. The molecule has 2 N–H and O–H groups in total. The fourth-order valence-electron chi connectivity index (χ4n) is 2.79. The number of thioether (sulfide) groups is 1. The summed E-state index contributed by atoms with van der Waals surface area (Å²) in [6.45, 7) is 0. The van der Waals surface area contributed by atoms with Crippen LogP contribution in [-0.2, 0) is 9.63 Å². The third-order valence-corrected chi connectivity index (χ3v) is 4.84. The van der Waals surface area contributed by atoms with Crippen LogP contribution in [0.25, 0.3) is 0 Å². The van der Waals surface area contributed by atoms with Crippen molar-refractivity contribution in [1.29, 1.82) is 0 Å². The molecule has 1 aromatic heterocycles. The highest BCUT2D eigenvalue weighted by molar-refractivity contribution is 7.98. The zero-order valence-electron chi connectivity index (χ0n) is 15.1. The number of hydrogen-bond donors (Lipinski definition) is 1. The summed E-state index contributed by atoms with van der Waals surface area (Å²) in [4.78, 5) is 47.9. The molecule has 1 aromatic carbocycles. The zero-order chi connectivity index (χ0) is 20.1. The number of fused-ring (bicyclic) bond motifs is 1. The lowest BCUT2D eigenvalue weighted by Gasteiger charge is -2.23. The number of carbonyl (C=O) groups is 3. The van der Waals surface area contributed by atoms with Crippen molar-refractivity contribution < 1.29 is 19.2 Å². The van der Waals surface area contributed by atoms with E-state index in [0.29, 0.717) is 11.3 Å². The molecule has 28 heavy (non-hydrogen) atoms. The highest BCUT2D eigenvalue weighted by Gasteiger charge is 2.43. The van der Waals surface area contributed by atoms with Crippen LogP contribution >= 0.6 is 11.8 Å². The average Bonchev–Trinajstić information content (AvgIpc) is 2.98. The molecular formula is C19H18N4O4S. The van der Waals surface area contributed by atoms with Crippen molar-refractivity contribution in [2.45, 2.75) is 12.5 Å². The van der Waals surface area contributed by atoms with Crippen molar-refractivity contribution in [2.24, 2.45) is 10.9 Å². The molecule has 0 fully saturated rings. The number of imide groups is 1. The second-order valence-corrected chi connectivity index (χ2v) is 6.94. The predicted molar refractivity (Wildman–Crippen MR) is 105 cm³/mol. The first kappa shape index (κ1) is 19.6. The van der Waals surface area contributed by atoms with E-state index in [1.165, 1.54) is 18.0 Å². The van der Waals surface area contributed by atoms with E-state index in [4.69, 9.17) is 10.6 Å². The largest absolute Gasteiger partial charge is 0.380 e. The summed E-state index contributed by atoms with van der Waals surface area (Å²) < 4.78 is 0. The minimum Gasteiger partial charge on any atom is -0.380 e. The van der Waals surface area contributed by atoms with Gasteiger partial charge in [0.05, 0.1) is 11.1 Å². The Kier molecular flexibility index (Phi) is 6.05. The Balaban J connectivity index is 1.82. The molecule has 1 aliphatic heterocycles. The molecule has 1 atom stereocenters. The number of oxime groups is 1. The SMILES string of the molecule is CSCCC(C(=O)O/N=C(\N)c1cccnc1)N1C(=O)c2ccccc2C1=O. The van der Waals surface area contributed by atoms with E-state index in [1.807, 2.05) is 6.26 Å². The molecule has 1 unspecified atom stereocenters. The molecule has 2 amide bonds. The lowest BCUT2D eigenvalue weighted by molar-refractivity contribution is -0.148. The Hall–Kier alpha value is -3.20. The van der Waals surface area contributed by atoms with Gasteiger partial charge in [0, 0.05) is 18.0 Å². The molecular weight excluding hydrogens is 380 g/mol. The van der Waals surface area contributed by atoms with Gasteiger partial charge in [0.25, 0.3) is 11.8 Å². The van der Waals surface area contributed by atoms with Crippen molar-refractivity contribution in [3.8, 4) is 0 Å². The van der Waals surface area contributed by atoms with Crippen LogP contribution in [0.5, 0.6) is 0 Å². The van der Waals surface area contributed by atoms with Crippen LogP contribution < -0.4 is 5.73 Å². The monoisotopic (exact) mass is 398 g/mol. The summed E-state index contributed by atoms with van der Waals surface area (Å²) in [5.41, 5.74) is 6.83. The van der Waals surface area contributed by atoms with Gasteiger partial charge in [-0.2, -0.15) is 11.8 Å². The van der Waals surface area contributed by atoms with E-state index in [9.17, 15) is 14.4 Å². The molecule has 8 nitrogen and oxygen atoms in total. The lowest BCUT2D eigenvalue weighted by atomic mass is 10.1. The number of nitrogens with two attached hydrogens (primary N) is 1. The Labute approximate surface area is 165 Å². The van der Waals surface area contributed by atoms with Gasteiger partial charge in [0.2, 0.25) is 0 Å². The van der Waals surface area contributed by atoms with Crippen LogP contribution in [0.2, 0.25) is 0 Å². The van der Waals surface area contributed by atoms with Gasteiger partial charge in [-0.05, 0) is 42.7 Å². The Morgan fingerprint density at radius 3 is 2.46 bits per heavy atom. The number of carbonyl (C=O) groups excluding carboxylic acids is 3. The van der Waals surface area contributed by atoms with E-state index in [2.05, 4.69) is 10.1 Å². The number of nitrogens with zero attached hydrogens (tertiary/aromatic N) is 3. The van der Waals surface area contributed by atoms with Gasteiger partial charge in [0.1, 0.15) is 6.04 Å². The second-order valence-electron chi connectivity index (χ2n) is 5.95. The van der Waals surface area contributed by atoms with E-state index in [-0.39, 0.29) is 23.4 Å². The maximum Gasteiger partial charge on any atom is 0.357 e. The first-order valence-corrected chi connectivity index (χ1v) is 9.84. The van der Waals surface area contributed by atoms with Gasteiger partial charge in [-0.25, -0.2) is 4.79 Å². The summed E-state index contributed by atoms with van der Waals surface area (Å²) in [5, 5.41) is 3.64. The molecule has 9 heteroatoms. The Morgan fingerprint density at radius 2 is 1.89 bits per heavy atom. The van der Waals surface area contributed by atoms with Crippen molar-refractivity contribution in [3.05, 3.63) is 65.5 Å². The molecule has 0 bridgehead atoms. The summed E-state index contributed by atoms with van der Waals surface area (Å²) in [6, 6.07) is 8.69. The molecule has 2 aromatic rings. The van der Waals surface area contributed by atoms with Crippen LogP contribution in [0.3, 0.4) is 0 Å². The van der Waals surface area contributed by atoms with Gasteiger partial charge in [0.15, 0.2) is 5.84 Å². The molecule has 0 saturated carbocycles. The Morgan fingerprint density at radius 1 is 1.21 bits per heavy atom. The van der Waals surface area contributed by atoms with E-state index >= 15 is 0 Å². The molecule has 0 spiro atoms. The topological polar surface area (TPSA) is 115 Å². The smallest absolute Gasteiger partial charge is 0.357 e. The summed E-state index contributed by atoms with van der Waals surface area (Å²) in [6.07, 6.45) is 5.16. The molecule has 144 valence electrons. The third-order valence-electron chi connectivity index (χ3n) is 4.20. The molecule has 1 aliphatic rings. The lowest BCUT2D eigenvalue weighted by Crippen LogP contribution is -2.45. The normalized spacial score (nSPS) is 14.8. The van der Waals surface area contributed by atoms with Crippen LogP contribution in [-0.4, -0.2) is 51.6 Å². The van der Waals surface area contributed by atoms with Gasteiger partial charge in [-0.15, -0.1) is 0 Å². The quantitative estimate of drug-likeness (QED) is 0.248. The molecule has 0 saturated heterocycles. The number of rotatable bonds is 7. The highest BCUT2D eigenvalue weighted by Crippen LogP contribution is 2.26. The van der Waals surface area contributed by atoms with E-state index in [1.54, 1.807) is 42.6 Å². The summed E-state index contributed by atoms with van der Waals surface area (Å²) in [5.74, 6) is -1.35. The number of amides is 2. The van der Waals surface area contributed by atoms with Crippen LogP contribution in [0.15, 0.2) is 53.9 Å². The van der Waals surface area contributed by atoms with E-state index < -0.39 is 23.8 Å². The van der Waals surface area contributed by atoms with Crippen molar-refractivity contribution in [1.82, 2.24) is 9.88 Å². The van der Waals surface area contributed by atoms with Gasteiger partial charge in [-0.1, -0.05) is 17.3 Å².